The molecule has 5 amide bonds. The number of hydrogen-bond acceptors (Lipinski definition) is 6. The summed E-state index contributed by atoms with van der Waals surface area (Å²) in [6.07, 6.45) is 0.170. The second-order valence-electron chi connectivity index (χ2n) is 9.31. The van der Waals surface area contributed by atoms with E-state index in [4.69, 9.17) is 23.2 Å². The van der Waals surface area contributed by atoms with Crippen molar-refractivity contribution in [3.63, 3.8) is 0 Å². The zero-order chi connectivity index (χ0) is 28.0. The Morgan fingerprint density at radius 2 is 1.45 bits per heavy atom. The van der Waals surface area contributed by atoms with Crippen LogP contribution in [0.1, 0.15) is 44.7 Å². The first kappa shape index (κ1) is 29.7. The highest BCUT2D eigenvalue weighted by atomic mass is 35.5. The number of carbonyl (C=O) groups is 5. The minimum atomic E-state index is -1.34. The monoisotopic (exact) mass is 569 g/mol. The zero-order valence-corrected chi connectivity index (χ0v) is 22.7. The highest BCUT2D eigenvalue weighted by Gasteiger charge is 2.48. The van der Waals surface area contributed by atoms with E-state index in [1.54, 1.807) is 44.2 Å². The maximum atomic E-state index is 13.5. The molecule has 2 aliphatic rings. The number of fused-ring (bicyclic) bond motifs is 1. The summed E-state index contributed by atoms with van der Waals surface area (Å²) in [5.41, 5.74) is 0.618. The van der Waals surface area contributed by atoms with E-state index in [0.717, 1.165) is 0 Å². The number of hydrogen-bond donors (Lipinski definition) is 5. The third kappa shape index (κ3) is 6.75. The summed E-state index contributed by atoms with van der Waals surface area (Å²) >= 11 is 12.8. The van der Waals surface area contributed by atoms with E-state index in [9.17, 15) is 29.1 Å². The molecular formula is C25H33Cl2N5O6. The maximum Gasteiger partial charge on any atom is 0.245 e. The van der Waals surface area contributed by atoms with Crippen LogP contribution in [0.3, 0.4) is 0 Å². The van der Waals surface area contributed by atoms with Gasteiger partial charge in [-0.05, 0) is 18.4 Å². The first-order valence-corrected chi connectivity index (χ1v) is 13.4. The van der Waals surface area contributed by atoms with E-state index >= 15 is 0 Å². The van der Waals surface area contributed by atoms with Crippen molar-refractivity contribution in [3.8, 4) is 0 Å². The Hall–Kier alpha value is -2.89. The maximum absolute atomic E-state index is 13.5. The number of nitrogens with one attached hydrogen (secondary N) is 4. The number of carbonyl (C=O) groups excluding carboxylic acids is 5. The molecule has 0 saturated carbocycles. The van der Waals surface area contributed by atoms with Crippen LogP contribution in [0.4, 0.5) is 0 Å². The summed E-state index contributed by atoms with van der Waals surface area (Å²) in [4.78, 5) is 67.0. The van der Waals surface area contributed by atoms with Gasteiger partial charge in [0.25, 0.3) is 0 Å². The van der Waals surface area contributed by atoms with Gasteiger partial charge in [-0.25, -0.2) is 0 Å². The molecule has 0 spiro atoms. The van der Waals surface area contributed by atoms with Gasteiger partial charge in [0.05, 0.1) is 29.8 Å². The van der Waals surface area contributed by atoms with E-state index in [0.29, 0.717) is 5.56 Å². The number of aliphatic hydroxyl groups is 1. The zero-order valence-electron chi connectivity index (χ0n) is 21.2. The summed E-state index contributed by atoms with van der Waals surface area (Å²) in [6.45, 7) is 2.64. The largest absolute Gasteiger partial charge is 0.394 e. The van der Waals surface area contributed by atoms with Crippen LogP contribution in [0.2, 0.25) is 0 Å². The first-order chi connectivity index (χ1) is 18.1. The molecule has 13 heteroatoms. The van der Waals surface area contributed by atoms with Crippen molar-refractivity contribution in [1.29, 1.82) is 0 Å². The number of alkyl halides is 2. The van der Waals surface area contributed by atoms with E-state index in [1.807, 2.05) is 0 Å². The van der Waals surface area contributed by atoms with Gasteiger partial charge in [-0.2, -0.15) is 0 Å². The molecule has 208 valence electrons. The second kappa shape index (κ2) is 13.3. The van der Waals surface area contributed by atoms with Crippen molar-refractivity contribution in [3.05, 3.63) is 35.9 Å². The minimum Gasteiger partial charge on any atom is -0.394 e. The molecule has 3 rings (SSSR count). The fourth-order valence-electron chi connectivity index (χ4n) is 4.55. The van der Waals surface area contributed by atoms with Crippen molar-refractivity contribution in [2.75, 3.05) is 13.2 Å². The quantitative estimate of drug-likeness (QED) is 0.320. The Balaban J connectivity index is 2.00. The van der Waals surface area contributed by atoms with Gasteiger partial charge in [0.1, 0.15) is 24.2 Å². The van der Waals surface area contributed by atoms with Crippen LogP contribution in [-0.2, 0) is 24.0 Å². The van der Waals surface area contributed by atoms with Gasteiger partial charge < -0.3 is 31.3 Å². The minimum absolute atomic E-state index is 0.0166. The van der Waals surface area contributed by atoms with E-state index in [1.165, 1.54) is 4.90 Å². The highest BCUT2D eigenvalue weighted by Crippen LogP contribution is 2.29. The molecule has 0 unspecified atom stereocenters. The highest BCUT2D eigenvalue weighted by molar-refractivity contribution is 6.32. The van der Waals surface area contributed by atoms with Crippen molar-refractivity contribution in [2.24, 2.45) is 0 Å². The molecule has 1 aromatic rings. The van der Waals surface area contributed by atoms with Crippen molar-refractivity contribution in [1.82, 2.24) is 26.2 Å². The molecule has 2 fully saturated rings. The smallest absolute Gasteiger partial charge is 0.245 e. The Morgan fingerprint density at radius 1 is 0.842 bits per heavy atom. The Labute approximate surface area is 231 Å². The third-order valence-electron chi connectivity index (χ3n) is 6.71. The SMILES string of the molecule is CC[C@H]1NC(=O)[C@H]2[C@@H](Cl)[C@@H](Cl)CN2C(=O)[C@@H](CC)NC(=O)C[C@@H](c2ccccc2)NC(=O)[C@@H](CO)NC1=O. The summed E-state index contributed by atoms with van der Waals surface area (Å²) in [5.74, 6) is -3.16. The number of halogens is 2. The molecule has 38 heavy (non-hydrogen) atoms. The van der Waals surface area contributed by atoms with Crippen LogP contribution in [0.15, 0.2) is 30.3 Å². The molecule has 0 bridgehead atoms. The van der Waals surface area contributed by atoms with E-state index in [-0.39, 0.29) is 25.8 Å². The molecular weight excluding hydrogens is 537 g/mol. The second-order valence-corrected chi connectivity index (χ2v) is 10.4. The number of nitrogens with zero attached hydrogens (tertiary/aromatic N) is 1. The lowest BCUT2D eigenvalue weighted by molar-refractivity contribution is -0.142. The van der Waals surface area contributed by atoms with Gasteiger partial charge in [0.2, 0.25) is 29.5 Å². The Morgan fingerprint density at radius 3 is 2.05 bits per heavy atom. The predicted molar refractivity (Wildman–Crippen MR) is 140 cm³/mol. The van der Waals surface area contributed by atoms with Gasteiger partial charge in [0, 0.05) is 6.54 Å². The lowest BCUT2D eigenvalue weighted by Gasteiger charge is -2.31. The summed E-state index contributed by atoms with van der Waals surface area (Å²) in [5, 5.41) is 18.6. The van der Waals surface area contributed by atoms with Gasteiger partial charge in [0.15, 0.2) is 0 Å². The molecule has 1 aromatic carbocycles. The van der Waals surface area contributed by atoms with Crippen molar-refractivity contribution < 1.29 is 29.1 Å². The molecule has 0 aliphatic carbocycles. The van der Waals surface area contributed by atoms with Crippen LogP contribution >= 0.6 is 23.2 Å². The molecule has 2 saturated heterocycles. The van der Waals surface area contributed by atoms with Crippen LogP contribution in [0.5, 0.6) is 0 Å². The topological polar surface area (TPSA) is 157 Å². The normalized spacial score (nSPS) is 31.7. The summed E-state index contributed by atoms with van der Waals surface area (Å²) in [7, 11) is 0. The molecule has 2 heterocycles. The molecule has 11 nitrogen and oxygen atoms in total. The predicted octanol–water partition coefficient (Wildman–Crippen LogP) is -0.0601. The van der Waals surface area contributed by atoms with Crippen LogP contribution < -0.4 is 21.3 Å². The lowest BCUT2D eigenvalue weighted by Crippen LogP contribution is -2.60. The summed E-state index contributed by atoms with van der Waals surface area (Å²) in [6, 6.07) is 3.36. The van der Waals surface area contributed by atoms with E-state index in [2.05, 4.69) is 21.3 Å². The van der Waals surface area contributed by atoms with Crippen LogP contribution in [-0.4, -0.2) is 87.6 Å². The van der Waals surface area contributed by atoms with Crippen LogP contribution in [0, 0.1) is 0 Å². The fraction of sp³-hybridized carbons (Fsp3) is 0.560. The molecule has 2 aliphatic heterocycles. The molecule has 7 atom stereocenters. The number of aliphatic hydroxyl groups excluding tert-OH is 1. The first-order valence-electron chi connectivity index (χ1n) is 12.6. The van der Waals surface area contributed by atoms with Gasteiger partial charge >= 0.3 is 0 Å². The van der Waals surface area contributed by atoms with Crippen LogP contribution in [0.25, 0.3) is 0 Å². The van der Waals surface area contributed by atoms with Gasteiger partial charge in [-0.15, -0.1) is 23.2 Å². The summed E-state index contributed by atoms with van der Waals surface area (Å²) < 4.78 is 0. The average molecular weight is 570 g/mol. The molecule has 5 N–H and O–H groups in total. The standard InChI is InChI=1S/C25H33Cl2N5O6/c1-3-15-22(35)31-18(12-33)23(36)30-17(13-8-6-5-7-9-13)10-19(34)28-16(4-2)25(38)32-11-14(26)20(27)21(32)24(37)29-15/h5-9,14-18,20-21,33H,3-4,10-12H2,1-2H3,(H,28,34)(H,29,37)(H,30,36)(H,31,35)/t14-,15+,16+,17-,18+,20-,21+/m0/s1. The lowest BCUT2D eigenvalue weighted by atomic mass is 10.0. The third-order valence-corrected chi connectivity index (χ3v) is 7.79. The number of amides is 5. The van der Waals surface area contributed by atoms with Crippen molar-refractivity contribution in [2.45, 2.75) is 74.1 Å². The van der Waals surface area contributed by atoms with Gasteiger partial charge in [-0.3, -0.25) is 24.0 Å². The van der Waals surface area contributed by atoms with Gasteiger partial charge in [-0.1, -0.05) is 44.2 Å². The fourth-order valence-corrected chi connectivity index (χ4v) is 5.17. The molecule has 0 radical (unpaired) electrons. The Bertz CT molecular complexity index is 1040. The van der Waals surface area contributed by atoms with Crippen molar-refractivity contribution >= 4 is 52.7 Å². The average Bonchev–Trinajstić information content (AvgIpc) is 3.21. The number of benzene rings is 1. The van der Waals surface area contributed by atoms with E-state index < -0.39 is 77.1 Å². The molecule has 0 aromatic heterocycles. The Kier molecular flexibility index (Phi) is 10.3. The number of rotatable bonds is 4.